The Kier molecular flexibility index (Phi) is 3.94. The summed E-state index contributed by atoms with van der Waals surface area (Å²) in [4.78, 5) is 8.21. The number of aromatic nitrogens is 2. The van der Waals surface area contributed by atoms with Crippen molar-refractivity contribution in [3.05, 3.63) is 41.3 Å². The summed E-state index contributed by atoms with van der Waals surface area (Å²) in [7, 11) is 0. The monoisotopic (exact) mass is 266 g/mol. The summed E-state index contributed by atoms with van der Waals surface area (Å²) in [6, 6.07) is 6.14. The molecule has 0 fully saturated rings. The van der Waals surface area contributed by atoms with Crippen molar-refractivity contribution < 1.29 is 4.39 Å². The van der Waals surface area contributed by atoms with Crippen molar-refractivity contribution in [3.8, 4) is 0 Å². The van der Waals surface area contributed by atoms with Gasteiger partial charge in [0.15, 0.2) is 0 Å². The molecule has 4 nitrogen and oxygen atoms in total. The molecule has 0 aliphatic rings. The summed E-state index contributed by atoms with van der Waals surface area (Å²) in [6.07, 6.45) is 1.59. The van der Waals surface area contributed by atoms with Crippen LogP contribution in [0, 0.1) is 5.82 Å². The lowest BCUT2D eigenvalue weighted by atomic mass is 10.3. The molecular weight excluding hydrogens is 255 g/mol. The maximum atomic E-state index is 13.6. The topological polar surface area (TPSA) is 49.8 Å². The molecule has 2 N–H and O–H groups in total. The second-order valence-electron chi connectivity index (χ2n) is 3.52. The van der Waals surface area contributed by atoms with Crippen LogP contribution >= 0.6 is 11.6 Å². The van der Waals surface area contributed by atoms with Gasteiger partial charge in [0, 0.05) is 12.7 Å². The minimum atomic E-state index is -0.425. The summed E-state index contributed by atoms with van der Waals surface area (Å²) in [5, 5.41) is 6.12. The van der Waals surface area contributed by atoms with E-state index in [1.54, 1.807) is 24.4 Å². The highest BCUT2D eigenvalue weighted by Gasteiger charge is 2.07. The first-order valence-electron chi connectivity index (χ1n) is 5.48. The zero-order valence-corrected chi connectivity index (χ0v) is 10.5. The molecule has 94 valence electrons. The third-order valence-corrected chi connectivity index (χ3v) is 2.52. The van der Waals surface area contributed by atoms with Crippen LogP contribution in [-0.2, 0) is 0 Å². The Labute approximate surface area is 109 Å². The second kappa shape index (κ2) is 5.64. The van der Waals surface area contributed by atoms with E-state index in [4.69, 9.17) is 11.6 Å². The maximum Gasteiger partial charge on any atom is 0.224 e. The van der Waals surface area contributed by atoms with Crippen LogP contribution < -0.4 is 10.6 Å². The lowest BCUT2D eigenvalue weighted by Crippen LogP contribution is -2.04. The van der Waals surface area contributed by atoms with Crippen LogP contribution in [-0.4, -0.2) is 16.5 Å². The summed E-state index contributed by atoms with van der Waals surface area (Å²) in [6.45, 7) is 2.65. The molecule has 0 saturated carbocycles. The van der Waals surface area contributed by atoms with Crippen molar-refractivity contribution in [1.29, 1.82) is 0 Å². The third kappa shape index (κ3) is 2.87. The summed E-state index contributed by atoms with van der Waals surface area (Å²) in [5.41, 5.74) is 0.209. The Balaban J connectivity index is 2.26. The highest BCUT2D eigenvalue weighted by Crippen LogP contribution is 2.27. The predicted molar refractivity (Wildman–Crippen MR) is 70.9 cm³/mol. The summed E-state index contributed by atoms with van der Waals surface area (Å²) < 4.78 is 13.6. The van der Waals surface area contributed by atoms with Crippen molar-refractivity contribution in [3.63, 3.8) is 0 Å². The highest BCUT2D eigenvalue weighted by atomic mass is 35.5. The first-order valence-corrected chi connectivity index (χ1v) is 5.86. The van der Waals surface area contributed by atoms with Crippen molar-refractivity contribution >= 4 is 29.1 Å². The molecule has 2 aromatic rings. The molecule has 2 rings (SSSR count). The van der Waals surface area contributed by atoms with Gasteiger partial charge in [0.25, 0.3) is 0 Å². The molecule has 1 heterocycles. The SMILES string of the molecule is CCNc1nccc(Nc2c(F)cccc2Cl)n1. The molecule has 0 unspecified atom stereocenters. The highest BCUT2D eigenvalue weighted by molar-refractivity contribution is 6.33. The number of benzene rings is 1. The molecule has 6 heteroatoms. The van der Waals surface area contributed by atoms with E-state index >= 15 is 0 Å². The minimum absolute atomic E-state index is 0.209. The van der Waals surface area contributed by atoms with Crippen molar-refractivity contribution in [2.45, 2.75) is 6.92 Å². The molecular formula is C12H12ClFN4. The maximum absolute atomic E-state index is 13.6. The molecule has 1 aromatic heterocycles. The fourth-order valence-corrected chi connectivity index (χ4v) is 1.63. The molecule has 0 saturated heterocycles. The molecule has 0 bridgehead atoms. The zero-order chi connectivity index (χ0) is 13.0. The van der Waals surface area contributed by atoms with E-state index in [2.05, 4.69) is 20.6 Å². The fraction of sp³-hybridized carbons (Fsp3) is 0.167. The van der Waals surface area contributed by atoms with Gasteiger partial charge in [-0.25, -0.2) is 9.37 Å². The van der Waals surface area contributed by atoms with Gasteiger partial charge in [0.2, 0.25) is 5.95 Å². The number of rotatable bonds is 4. The quantitative estimate of drug-likeness (QED) is 0.890. The Hall–Kier alpha value is -1.88. The largest absolute Gasteiger partial charge is 0.354 e. The molecule has 0 spiro atoms. The van der Waals surface area contributed by atoms with E-state index in [1.165, 1.54) is 6.07 Å². The van der Waals surface area contributed by atoms with Crippen LogP contribution in [0.5, 0.6) is 0 Å². The smallest absolute Gasteiger partial charge is 0.224 e. The third-order valence-electron chi connectivity index (χ3n) is 2.21. The molecule has 0 aliphatic heterocycles. The molecule has 18 heavy (non-hydrogen) atoms. The lowest BCUT2D eigenvalue weighted by Gasteiger charge is -2.09. The lowest BCUT2D eigenvalue weighted by molar-refractivity contribution is 0.632. The minimum Gasteiger partial charge on any atom is -0.354 e. The van der Waals surface area contributed by atoms with E-state index in [9.17, 15) is 4.39 Å². The van der Waals surface area contributed by atoms with Gasteiger partial charge in [-0.3, -0.25) is 0 Å². The fourth-order valence-electron chi connectivity index (χ4n) is 1.42. The van der Waals surface area contributed by atoms with Gasteiger partial charge in [0.1, 0.15) is 11.6 Å². The van der Waals surface area contributed by atoms with Gasteiger partial charge in [-0.2, -0.15) is 4.98 Å². The van der Waals surface area contributed by atoms with Crippen molar-refractivity contribution in [2.75, 3.05) is 17.2 Å². The Morgan fingerprint density at radius 2 is 2.17 bits per heavy atom. The van der Waals surface area contributed by atoms with Gasteiger partial charge < -0.3 is 10.6 Å². The first-order chi connectivity index (χ1) is 8.70. The van der Waals surface area contributed by atoms with Crippen molar-refractivity contribution in [2.24, 2.45) is 0 Å². The van der Waals surface area contributed by atoms with Crippen LogP contribution in [0.2, 0.25) is 5.02 Å². The number of nitrogens with one attached hydrogen (secondary N) is 2. The van der Waals surface area contributed by atoms with Crippen LogP contribution in [0.4, 0.5) is 21.8 Å². The van der Waals surface area contributed by atoms with Gasteiger partial charge in [0.05, 0.1) is 10.7 Å². The average Bonchev–Trinajstić information content (AvgIpc) is 2.35. The van der Waals surface area contributed by atoms with E-state index in [-0.39, 0.29) is 5.69 Å². The molecule has 0 radical (unpaired) electrons. The predicted octanol–water partition coefficient (Wildman–Crippen LogP) is 3.44. The van der Waals surface area contributed by atoms with Crippen LogP contribution in [0.3, 0.4) is 0 Å². The van der Waals surface area contributed by atoms with E-state index in [0.717, 1.165) is 0 Å². The standard InChI is InChI=1S/C12H12ClFN4/c1-2-15-12-16-7-6-10(18-12)17-11-8(13)4-3-5-9(11)14/h3-7H,2H2,1H3,(H2,15,16,17,18). The van der Waals surface area contributed by atoms with Gasteiger partial charge in [-0.1, -0.05) is 17.7 Å². The number of para-hydroxylation sites is 1. The van der Waals surface area contributed by atoms with E-state index < -0.39 is 5.82 Å². The zero-order valence-electron chi connectivity index (χ0n) is 9.74. The Morgan fingerprint density at radius 3 is 2.89 bits per heavy atom. The Bertz CT molecular complexity index is 527. The molecule has 0 aliphatic carbocycles. The van der Waals surface area contributed by atoms with Crippen LogP contribution in [0.1, 0.15) is 6.92 Å². The summed E-state index contributed by atoms with van der Waals surface area (Å²) in [5.74, 6) is 0.536. The number of halogens is 2. The second-order valence-corrected chi connectivity index (χ2v) is 3.92. The van der Waals surface area contributed by atoms with Gasteiger partial charge in [-0.05, 0) is 25.1 Å². The van der Waals surface area contributed by atoms with E-state index in [1.807, 2.05) is 6.92 Å². The summed E-state index contributed by atoms with van der Waals surface area (Å²) >= 11 is 5.92. The average molecular weight is 267 g/mol. The Morgan fingerprint density at radius 1 is 1.33 bits per heavy atom. The number of nitrogens with zero attached hydrogens (tertiary/aromatic N) is 2. The number of anilines is 3. The number of hydrogen-bond donors (Lipinski definition) is 2. The molecule has 1 aromatic carbocycles. The van der Waals surface area contributed by atoms with Crippen molar-refractivity contribution in [1.82, 2.24) is 9.97 Å². The normalized spacial score (nSPS) is 10.2. The van der Waals surface area contributed by atoms with Crippen LogP contribution in [0.25, 0.3) is 0 Å². The van der Waals surface area contributed by atoms with E-state index in [0.29, 0.717) is 23.3 Å². The van der Waals surface area contributed by atoms with Gasteiger partial charge in [-0.15, -0.1) is 0 Å². The van der Waals surface area contributed by atoms with Crippen LogP contribution in [0.15, 0.2) is 30.5 Å². The van der Waals surface area contributed by atoms with Gasteiger partial charge >= 0.3 is 0 Å². The number of hydrogen-bond acceptors (Lipinski definition) is 4. The first kappa shape index (κ1) is 12.6. The molecule has 0 amide bonds. The molecule has 0 atom stereocenters.